The summed E-state index contributed by atoms with van der Waals surface area (Å²) in [5, 5.41) is 11.1. The zero-order valence-corrected chi connectivity index (χ0v) is 11.4. The van der Waals surface area contributed by atoms with Crippen LogP contribution in [0.15, 0.2) is 24.3 Å². The third-order valence-corrected chi connectivity index (χ3v) is 2.61. The molecule has 0 bridgehead atoms. The van der Waals surface area contributed by atoms with E-state index < -0.39 is 11.8 Å². The molecule has 0 saturated carbocycles. The molecule has 1 rings (SSSR count). The maximum Gasteiger partial charge on any atom is 0.328 e. The number of carboxylic acid groups (broad SMARTS) is 1. The first-order chi connectivity index (χ1) is 9.42. The number of nitrogens with one attached hydrogen (secondary N) is 1. The number of amides is 1. The normalized spacial score (nSPS) is 11.0. The van der Waals surface area contributed by atoms with Crippen LogP contribution < -0.4 is 5.32 Å². The van der Waals surface area contributed by atoms with E-state index in [9.17, 15) is 14.0 Å². The molecule has 0 saturated heterocycles. The molecule has 1 amide bonds. The van der Waals surface area contributed by atoms with Crippen LogP contribution in [0.1, 0.15) is 11.1 Å². The van der Waals surface area contributed by atoms with Crippen LogP contribution in [0.2, 0.25) is 0 Å². The highest BCUT2D eigenvalue weighted by atomic mass is 19.1. The van der Waals surface area contributed by atoms with Gasteiger partial charge in [0.05, 0.1) is 6.54 Å². The smallest absolute Gasteiger partial charge is 0.328 e. The quantitative estimate of drug-likeness (QED) is 0.766. The summed E-state index contributed by atoms with van der Waals surface area (Å²) < 4.78 is 13.5. The van der Waals surface area contributed by atoms with Crippen molar-refractivity contribution in [2.45, 2.75) is 6.54 Å². The molecule has 0 aliphatic rings. The van der Waals surface area contributed by atoms with Gasteiger partial charge in [0.2, 0.25) is 5.91 Å². The Kier molecular flexibility index (Phi) is 5.86. The molecule has 0 unspecified atom stereocenters. The van der Waals surface area contributed by atoms with Gasteiger partial charge in [-0.2, -0.15) is 0 Å². The van der Waals surface area contributed by atoms with Crippen LogP contribution in [0.5, 0.6) is 0 Å². The Balaban J connectivity index is 2.79. The number of halogens is 1. The fourth-order valence-electron chi connectivity index (χ4n) is 1.67. The number of hydrogen-bond donors (Lipinski definition) is 2. The lowest BCUT2D eigenvalue weighted by Gasteiger charge is -2.16. The Labute approximate surface area is 116 Å². The van der Waals surface area contributed by atoms with E-state index in [2.05, 4.69) is 5.32 Å². The van der Waals surface area contributed by atoms with Crippen molar-refractivity contribution in [1.29, 1.82) is 0 Å². The van der Waals surface area contributed by atoms with Crippen LogP contribution in [-0.2, 0) is 16.1 Å². The van der Waals surface area contributed by atoms with E-state index >= 15 is 0 Å². The Morgan fingerprint density at radius 1 is 1.45 bits per heavy atom. The van der Waals surface area contributed by atoms with E-state index in [0.717, 1.165) is 11.6 Å². The Morgan fingerprint density at radius 3 is 2.75 bits per heavy atom. The summed E-state index contributed by atoms with van der Waals surface area (Å²) in [7, 11) is 3.33. The Morgan fingerprint density at radius 2 is 2.15 bits per heavy atom. The predicted molar refractivity (Wildman–Crippen MR) is 73.5 cm³/mol. The molecule has 1 aromatic carbocycles. The molecule has 0 atom stereocenters. The molecule has 0 spiro atoms. The van der Waals surface area contributed by atoms with Gasteiger partial charge in [0.25, 0.3) is 0 Å². The van der Waals surface area contributed by atoms with Gasteiger partial charge >= 0.3 is 5.97 Å². The summed E-state index contributed by atoms with van der Waals surface area (Å²) in [6.45, 7) is 0.690. The Bertz CT molecular complexity index is 529. The van der Waals surface area contributed by atoms with Crippen molar-refractivity contribution in [3.05, 3.63) is 41.2 Å². The second-order valence-electron chi connectivity index (χ2n) is 4.37. The molecule has 0 aliphatic carbocycles. The van der Waals surface area contributed by atoms with Gasteiger partial charge in [-0.25, -0.2) is 9.18 Å². The van der Waals surface area contributed by atoms with Gasteiger partial charge in [0, 0.05) is 25.2 Å². The molecule has 5 nitrogen and oxygen atoms in total. The molecule has 0 fully saturated rings. The minimum atomic E-state index is -1.13. The molecule has 1 aromatic rings. The van der Waals surface area contributed by atoms with Gasteiger partial charge in [0.15, 0.2) is 0 Å². The minimum absolute atomic E-state index is 0.111. The Hall–Kier alpha value is -2.21. The number of benzene rings is 1. The maximum absolute atomic E-state index is 13.5. The van der Waals surface area contributed by atoms with Crippen molar-refractivity contribution >= 4 is 18.0 Å². The number of rotatable bonds is 6. The first kappa shape index (κ1) is 15.8. The van der Waals surface area contributed by atoms with Crippen LogP contribution in [-0.4, -0.2) is 42.5 Å². The van der Waals surface area contributed by atoms with Crippen molar-refractivity contribution in [3.63, 3.8) is 0 Å². The lowest BCUT2D eigenvalue weighted by atomic mass is 10.1. The average Bonchev–Trinajstić information content (AvgIpc) is 2.38. The van der Waals surface area contributed by atoms with Crippen molar-refractivity contribution in [2.24, 2.45) is 0 Å². The highest BCUT2D eigenvalue weighted by molar-refractivity contribution is 5.85. The van der Waals surface area contributed by atoms with E-state index in [-0.39, 0.29) is 18.0 Å². The lowest BCUT2D eigenvalue weighted by Crippen LogP contribution is -2.32. The molecule has 0 aliphatic heterocycles. The summed E-state index contributed by atoms with van der Waals surface area (Å²) in [5.74, 6) is -1.73. The molecule has 20 heavy (non-hydrogen) atoms. The van der Waals surface area contributed by atoms with Crippen LogP contribution in [0.3, 0.4) is 0 Å². The van der Waals surface area contributed by atoms with Crippen molar-refractivity contribution in [3.8, 4) is 0 Å². The SMILES string of the molecule is CNC(=O)CN(C)Cc1ccc(F)c(C=CC(=O)O)c1. The van der Waals surface area contributed by atoms with E-state index in [1.54, 1.807) is 31.1 Å². The van der Waals surface area contributed by atoms with E-state index in [1.807, 2.05) is 0 Å². The van der Waals surface area contributed by atoms with Crippen LogP contribution >= 0.6 is 0 Å². The topological polar surface area (TPSA) is 69.6 Å². The number of hydrogen-bond acceptors (Lipinski definition) is 3. The van der Waals surface area contributed by atoms with Crippen molar-refractivity contribution in [1.82, 2.24) is 10.2 Å². The van der Waals surface area contributed by atoms with Crippen molar-refractivity contribution in [2.75, 3.05) is 20.6 Å². The third kappa shape index (κ3) is 5.19. The number of carboxylic acids is 1. The number of carbonyl (C=O) groups excluding carboxylic acids is 1. The highest BCUT2D eigenvalue weighted by Crippen LogP contribution is 2.13. The maximum atomic E-state index is 13.5. The minimum Gasteiger partial charge on any atom is -0.478 e. The number of carbonyl (C=O) groups is 2. The summed E-state index contributed by atoms with van der Waals surface area (Å²) in [5.41, 5.74) is 1.00. The lowest BCUT2D eigenvalue weighted by molar-refractivity contribution is -0.131. The first-order valence-electron chi connectivity index (χ1n) is 6.01. The molecule has 6 heteroatoms. The van der Waals surface area contributed by atoms with E-state index in [4.69, 9.17) is 5.11 Å². The first-order valence-corrected chi connectivity index (χ1v) is 6.01. The summed E-state index contributed by atoms with van der Waals surface area (Å²) in [4.78, 5) is 23.4. The van der Waals surface area contributed by atoms with Gasteiger partial charge < -0.3 is 10.4 Å². The van der Waals surface area contributed by atoms with E-state index in [0.29, 0.717) is 6.54 Å². The standard InChI is InChI=1S/C14H17FN2O3/c1-16-13(18)9-17(2)8-10-3-5-12(15)11(7-10)4-6-14(19)20/h3-7H,8-9H2,1-2H3,(H,16,18)(H,19,20). The fourth-order valence-corrected chi connectivity index (χ4v) is 1.67. The molecule has 0 aromatic heterocycles. The summed E-state index contributed by atoms with van der Waals surface area (Å²) in [6.07, 6.45) is 2.09. The van der Waals surface area contributed by atoms with Crippen LogP contribution in [0.25, 0.3) is 6.08 Å². The number of aliphatic carboxylic acids is 1. The second-order valence-corrected chi connectivity index (χ2v) is 4.37. The molecular weight excluding hydrogens is 263 g/mol. The molecular formula is C14H17FN2O3. The zero-order valence-electron chi connectivity index (χ0n) is 11.4. The van der Waals surface area contributed by atoms with Crippen LogP contribution in [0.4, 0.5) is 4.39 Å². The molecule has 0 radical (unpaired) electrons. The van der Waals surface area contributed by atoms with Gasteiger partial charge in [-0.05, 0) is 30.8 Å². The predicted octanol–water partition coefficient (Wildman–Crippen LogP) is 1.10. The van der Waals surface area contributed by atoms with Gasteiger partial charge in [0.1, 0.15) is 5.82 Å². The van der Waals surface area contributed by atoms with Crippen molar-refractivity contribution < 1.29 is 19.1 Å². The van der Waals surface area contributed by atoms with Crippen LogP contribution in [0, 0.1) is 5.82 Å². The van der Waals surface area contributed by atoms with E-state index in [1.165, 1.54) is 12.1 Å². The highest BCUT2D eigenvalue weighted by Gasteiger charge is 2.07. The zero-order chi connectivity index (χ0) is 15.1. The van der Waals surface area contributed by atoms with Gasteiger partial charge in [-0.1, -0.05) is 6.07 Å². The van der Waals surface area contributed by atoms with Gasteiger partial charge in [-0.15, -0.1) is 0 Å². The van der Waals surface area contributed by atoms with Gasteiger partial charge in [-0.3, -0.25) is 9.69 Å². The largest absolute Gasteiger partial charge is 0.478 e. The fraction of sp³-hybridized carbons (Fsp3) is 0.286. The molecule has 108 valence electrons. The monoisotopic (exact) mass is 280 g/mol. The molecule has 0 heterocycles. The average molecular weight is 280 g/mol. The third-order valence-electron chi connectivity index (χ3n) is 2.61. The second kappa shape index (κ2) is 7.40. The summed E-state index contributed by atoms with van der Waals surface area (Å²) in [6, 6.07) is 4.45. The number of nitrogens with zero attached hydrogens (tertiary/aromatic N) is 1. The number of likely N-dealkylation sites (N-methyl/N-ethyl adjacent to an activating group) is 2. The summed E-state index contributed by atoms with van der Waals surface area (Å²) >= 11 is 0. The molecule has 2 N–H and O–H groups in total.